The molecule has 0 bridgehead atoms. The summed E-state index contributed by atoms with van der Waals surface area (Å²) in [5.74, 6) is -0.132. The monoisotopic (exact) mass is 369 g/mol. The third kappa shape index (κ3) is 4.37. The van der Waals surface area contributed by atoms with E-state index in [1.54, 1.807) is 0 Å². The molecule has 27 heavy (non-hydrogen) atoms. The normalized spacial score (nSPS) is 18.3. The highest BCUT2D eigenvalue weighted by Gasteiger charge is 2.21. The second-order valence-corrected chi connectivity index (χ2v) is 7.46. The highest BCUT2D eigenvalue weighted by atomic mass is 16.3. The molecule has 7 heteroatoms. The van der Waals surface area contributed by atoms with Crippen LogP contribution in [0, 0.1) is 0 Å². The van der Waals surface area contributed by atoms with Gasteiger partial charge in [-0.25, -0.2) is 0 Å². The van der Waals surface area contributed by atoms with Crippen molar-refractivity contribution in [2.75, 3.05) is 19.6 Å². The summed E-state index contributed by atoms with van der Waals surface area (Å²) in [5.41, 5.74) is 4.88. The summed E-state index contributed by atoms with van der Waals surface area (Å²) in [6, 6.07) is 8.37. The molecular weight excluding hydrogens is 342 g/mol. The lowest BCUT2D eigenvalue weighted by Gasteiger charge is -2.29. The maximum atomic E-state index is 12.5. The molecule has 0 aliphatic carbocycles. The van der Waals surface area contributed by atoms with Gasteiger partial charge in [0, 0.05) is 56.9 Å². The predicted octanol–water partition coefficient (Wildman–Crippen LogP) is 0.942. The summed E-state index contributed by atoms with van der Waals surface area (Å²) in [6.45, 7) is 4.90. The Bertz CT molecular complexity index is 778. The Labute approximate surface area is 159 Å². The van der Waals surface area contributed by atoms with Crippen LogP contribution in [0.5, 0.6) is 0 Å². The smallest absolute Gasteiger partial charge is 0.272 e. The number of aromatic nitrogens is 2. The van der Waals surface area contributed by atoms with E-state index in [1.165, 1.54) is 5.56 Å². The van der Waals surface area contributed by atoms with Crippen LogP contribution in [0.2, 0.25) is 0 Å². The van der Waals surface area contributed by atoms with Gasteiger partial charge in [-0.15, -0.1) is 0 Å². The molecule has 0 unspecified atom stereocenters. The number of aromatic amines is 1. The van der Waals surface area contributed by atoms with Gasteiger partial charge in [-0.05, 0) is 24.0 Å². The Kier molecular flexibility index (Phi) is 5.52. The molecule has 2 aliphatic heterocycles. The van der Waals surface area contributed by atoms with E-state index < -0.39 is 0 Å². The van der Waals surface area contributed by atoms with Gasteiger partial charge in [0.25, 0.3) is 5.91 Å². The fraction of sp³-hybridized carbons (Fsp3) is 0.500. The molecule has 1 aromatic heterocycles. The van der Waals surface area contributed by atoms with E-state index >= 15 is 0 Å². The van der Waals surface area contributed by atoms with E-state index in [0.717, 1.165) is 62.3 Å². The SMILES string of the molecule is O=C(NCc1ccc(CN2CCC(O)CC2)cc1)c1n[nH]c2c1CNCC2. The van der Waals surface area contributed by atoms with Gasteiger partial charge in [0.1, 0.15) is 0 Å². The van der Waals surface area contributed by atoms with Crippen molar-refractivity contribution in [2.45, 2.75) is 45.0 Å². The average molecular weight is 369 g/mol. The number of carbonyl (C=O) groups excluding carboxylic acids is 1. The van der Waals surface area contributed by atoms with E-state index in [-0.39, 0.29) is 12.0 Å². The highest BCUT2D eigenvalue weighted by Crippen LogP contribution is 2.16. The number of hydrogen-bond donors (Lipinski definition) is 4. The number of rotatable bonds is 5. The van der Waals surface area contributed by atoms with Crippen molar-refractivity contribution < 1.29 is 9.90 Å². The molecule has 2 aliphatic rings. The molecule has 4 rings (SSSR count). The van der Waals surface area contributed by atoms with E-state index in [9.17, 15) is 9.90 Å². The van der Waals surface area contributed by atoms with E-state index in [4.69, 9.17) is 0 Å². The first-order chi connectivity index (χ1) is 13.2. The minimum atomic E-state index is -0.136. The molecule has 1 aromatic carbocycles. The third-order valence-corrected chi connectivity index (χ3v) is 5.46. The Hall–Kier alpha value is -2.22. The van der Waals surface area contributed by atoms with Crippen LogP contribution >= 0.6 is 0 Å². The van der Waals surface area contributed by atoms with Gasteiger partial charge in [0.2, 0.25) is 0 Å². The number of carbonyl (C=O) groups is 1. The van der Waals surface area contributed by atoms with E-state index in [2.05, 4.69) is 50.0 Å². The zero-order chi connectivity index (χ0) is 18.6. The molecule has 1 fully saturated rings. The van der Waals surface area contributed by atoms with Crippen LogP contribution in [0.1, 0.15) is 45.7 Å². The topological polar surface area (TPSA) is 93.3 Å². The number of fused-ring (bicyclic) bond motifs is 1. The van der Waals surface area contributed by atoms with Crippen molar-refractivity contribution >= 4 is 5.91 Å². The van der Waals surface area contributed by atoms with Crippen LogP contribution < -0.4 is 10.6 Å². The minimum Gasteiger partial charge on any atom is -0.393 e. The van der Waals surface area contributed by atoms with Gasteiger partial charge in [0.15, 0.2) is 5.69 Å². The minimum absolute atomic E-state index is 0.132. The van der Waals surface area contributed by atoms with Crippen molar-refractivity contribution in [2.24, 2.45) is 0 Å². The van der Waals surface area contributed by atoms with Crippen molar-refractivity contribution in [3.8, 4) is 0 Å². The Morgan fingerprint density at radius 3 is 2.74 bits per heavy atom. The second kappa shape index (κ2) is 8.21. The van der Waals surface area contributed by atoms with Gasteiger partial charge in [0.05, 0.1) is 6.10 Å². The molecule has 0 spiro atoms. The molecule has 0 radical (unpaired) electrons. The van der Waals surface area contributed by atoms with E-state index in [0.29, 0.717) is 18.8 Å². The summed E-state index contributed by atoms with van der Waals surface area (Å²) in [6.07, 6.45) is 2.46. The number of piperidine rings is 1. The Balaban J connectivity index is 1.30. The second-order valence-electron chi connectivity index (χ2n) is 7.46. The van der Waals surface area contributed by atoms with Crippen molar-refractivity contribution in [1.29, 1.82) is 0 Å². The van der Waals surface area contributed by atoms with Gasteiger partial charge < -0.3 is 15.7 Å². The number of amides is 1. The quantitative estimate of drug-likeness (QED) is 0.630. The fourth-order valence-electron chi connectivity index (χ4n) is 3.78. The molecule has 2 aromatic rings. The first-order valence-electron chi connectivity index (χ1n) is 9.72. The van der Waals surface area contributed by atoms with Crippen LogP contribution in [0.4, 0.5) is 0 Å². The summed E-state index contributed by atoms with van der Waals surface area (Å²) < 4.78 is 0. The summed E-state index contributed by atoms with van der Waals surface area (Å²) >= 11 is 0. The Morgan fingerprint density at radius 2 is 1.96 bits per heavy atom. The lowest BCUT2D eigenvalue weighted by atomic mass is 10.1. The number of likely N-dealkylation sites (tertiary alicyclic amines) is 1. The van der Waals surface area contributed by atoms with Crippen LogP contribution in [0.3, 0.4) is 0 Å². The molecule has 1 amide bonds. The Morgan fingerprint density at radius 1 is 1.22 bits per heavy atom. The maximum Gasteiger partial charge on any atom is 0.272 e. The van der Waals surface area contributed by atoms with Gasteiger partial charge >= 0.3 is 0 Å². The summed E-state index contributed by atoms with van der Waals surface area (Å²) in [5, 5.41) is 23.0. The van der Waals surface area contributed by atoms with Crippen molar-refractivity contribution in [3.05, 3.63) is 52.3 Å². The molecule has 0 atom stereocenters. The number of nitrogens with one attached hydrogen (secondary N) is 3. The number of H-pyrrole nitrogens is 1. The number of hydrogen-bond acceptors (Lipinski definition) is 5. The van der Waals surface area contributed by atoms with Gasteiger partial charge in [-0.3, -0.25) is 14.8 Å². The summed E-state index contributed by atoms with van der Waals surface area (Å²) in [7, 11) is 0. The maximum absolute atomic E-state index is 12.5. The lowest BCUT2D eigenvalue weighted by molar-refractivity contribution is 0.0792. The third-order valence-electron chi connectivity index (χ3n) is 5.46. The molecule has 1 saturated heterocycles. The van der Waals surface area contributed by atoms with Crippen LogP contribution in [0.25, 0.3) is 0 Å². The first-order valence-corrected chi connectivity index (χ1v) is 9.72. The zero-order valence-electron chi connectivity index (χ0n) is 15.5. The average Bonchev–Trinajstić information content (AvgIpc) is 3.13. The molecule has 7 nitrogen and oxygen atoms in total. The van der Waals surface area contributed by atoms with Crippen molar-refractivity contribution in [1.82, 2.24) is 25.7 Å². The number of benzene rings is 1. The number of nitrogens with zero attached hydrogens (tertiary/aromatic N) is 2. The lowest BCUT2D eigenvalue weighted by Crippen LogP contribution is -2.35. The number of aliphatic hydroxyl groups is 1. The van der Waals surface area contributed by atoms with Crippen LogP contribution in [0.15, 0.2) is 24.3 Å². The molecule has 4 N–H and O–H groups in total. The standard InChI is InChI=1S/C20H27N5O2/c26-16-6-9-25(10-7-16)13-15-3-1-14(2-4-15)11-22-20(27)19-17-12-21-8-5-18(17)23-24-19/h1-4,16,21,26H,5-13H2,(H,22,27)(H,23,24). The van der Waals surface area contributed by atoms with Crippen LogP contribution in [-0.2, 0) is 26.1 Å². The molecule has 0 saturated carbocycles. The summed E-state index contributed by atoms with van der Waals surface area (Å²) in [4.78, 5) is 14.8. The highest BCUT2D eigenvalue weighted by molar-refractivity contribution is 5.94. The largest absolute Gasteiger partial charge is 0.393 e. The van der Waals surface area contributed by atoms with Gasteiger partial charge in [-0.2, -0.15) is 5.10 Å². The fourth-order valence-corrected chi connectivity index (χ4v) is 3.78. The van der Waals surface area contributed by atoms with Crippen LogP contribution in [-0.4, -0.2) is 51.8 Å². The zero-order valence-corrected chi connectivity index (χ0v) is 15.5. The van der Waals surface area contributed by atoms with Gasteiger partial charge in [-0.1, -0.05) is 24.3 Å². The molecular formula is C20H27N5O2. The predicted molar refractivity (Wildman–Crippen MR) is 102 cm³/mol. The first kappa shape index (κ1) is 18.2. The molecule has 3 heterocycles. The van der Waals surface area contributed by atoms with Crippen molar-refractivity contribution in [3.63, 3.8) is 0 Å². The van der Waals surface area contributed by atoms with E-state index in [1.807, 2.05) is 0 Å². The number of aliphatic hydroxyl groups excluding tert-OH is 1. The molecule has 144 valence electrons.